The van der Waals surface area contributed by atoms with Crippen LogP contribution in [0.15, 0.2) is 42.5 Å². The summed E-state index contributed by atoms with van der Waals surface area (Å²) in [6.45, 7) is 2.32. The highest BCUT2D eigenvalue weighted by molar-refractivity contribution is 5.96. The fourth-order valence-corrected chi connectivity index (χ4v) is 2.30. The van der Waals surface area contributed by atoms with Gasteiger partial charge >= 0.3 is 0 Å². The molecule has 26 heavy (non-hydrogen) atoms. The lowest BCUT2D eigenvalue weighted by atomic mass is 10.1. The molecule has 2 amide bonds. The fraction of sp³-hybridized carbons (Fsp3) is 0.263. The van der Waals surface area contributed by atoms with E-state index < -0.39 is 5.91 Å². The summed E-state index contributed by atoms with van der Waals surface area (Å²) >= 11 is 0. The lowest BCUT2D eigenvalue weighted by Crippen LogP contribution is -2.41. The minimum atomic E-state index is -0.481. The Hall–Kier alpha value is -3.09. The molecule has 0 aliphatic heterocycles. The minimum Gasteiger partial charge on any atom is -0.493 e. The van der Waals surface area contributed by atoms with Gasteiger partial charge in [0.1, 0.15) is 5.82 Å². The molecule has 0 spiro atoms. The van der Waals surface area contributed by atoms with Gasteiger partial charge in [-0.25, -0.2) is 4.39 Å². The third-order valence-corrected chi connectivity index (χ3v) is 3.57. The number of carbonyl (C=O) groups is 2. The van der Waals surface area contributed by atoms with Crippen molar-refractivity contribution < 1.29 is 23.5 Å². The van der Waals surface area contributed by atoms with Crippen LogP contribution in [-0.4, -0.2) is 25.5 Å². The number of nitrogens with one attached hydrogen (secondary N) is 2. The zero-order valence-electron chi connectivity index (χ0n) is 14.7. The molecule has 0 heterocycles. The van der Waals surface area contributed by atoms with Gasteiger partial charge in [0.05, 0.1) is 13.7 Å². The average molecular weight is 360 g/mol. The SMILES string of the molecule is CCOc1ccc(C(=O)NNC(=O)CCc2cccc(F)c2)cc1OC. The van der Waals surface area contributed by atoms with E-state index >= 15 is 0 Å². The zero-order chi connectivity index (χ0) is 18.9. The highest BCUT2D eigenvalue weighted by Gasteiger charge is 2.12. The van der Waals surface area contributed by atoms with Crippen LogP contribution < -0.4 is 20.3 Å². The van der Waals surface area contributed by atoms with Crippen LogP contribution in [0, 0.1) is 5.82 Å². The van der Waals surface area contributed by atoms with Gasteiger partial charge < -0.3 is 9.47 Å². The zero-order valence-corrected chi connectivity index (χ0v) is 14.7. The molecule has 0 fully saturated rings. The van der Waals surface area contributed by atoms with E-state index in [0.29, 0.717) is 35.7 Å². The Kier molecular flexibility index (Phi) is 6.96. The molecule has 0 aliphatic rings. The second-order valence-corrected chi connectivity index (χ2v) is 5.43. The maximum Gasteiger partial charge on any atom is 0.269 e. The van der Waals surface area contributed by atoms with E-state index in [-0.39, 0.29) is 18.1 Å². The number of rotatable bonds is 7. The van der Waals surface area contributed by atoms with Gasteiger partial charge in [-0.2, -0.15) is 0 Å². The Morgan fingerprint density at radius 1 is 1.08 bits per heavy atom. The second kappa shape index (κ2) is 9.41. The quantitative estimate of drug-likeness (QED) is 0.744. The lowest BCUT2D eigenvalue weighted by Gasteiger charge is -2.11. The summed E-state index contributed by atoms with van der Waals surface area (Å²) in [6.07, 6.45) is 0.493. The first kappa shape index (κ1) is 19.2. The van der Waals surface area contributed by atoms with E-state index in [0.717, 1.165) is 0 Å². The predicted molar refractivity (Wildman–Crippen MR) is 94.5 cm³/mol. The molecule has 2 N–H and O–H groups in total. The number of hydrogen-bond acceptors (Lipinski definition) is 4. The van der Waals surface area contributed by atoms with Crippen molar-refractivity contribution in [1.82, 2.24) is 10.9 Å². The summed E-state index contributed by atoms with van der Waals surface area (Å²) in [5, 5.41) is 0. The van der Waals surface area contributed by atoms with Crippen LogP contribution in [-0.2, 0) is 11.2 Å². The molecule has 0 aliphatic carbocycles. The highest BCUT2D eigenvalue weighted by Crippen LogP contribution is 2.27. The molecular formula is C19H21FN2O4. The molecular weight excluding hydrogens is 339 g/mol. The van der Waals surface area contributed by atoms with Crippen molar-refractivity contribution in [2.45, 2.75) is 19.8 Å². The number of hydrogen-bond donors (Lipinski definition) is 2. The van der Waals surface area contributed by atoms with Crippen molar-refractivity contribution >= 4 is 11.8 Å². The molecule has 0 saturated carbocycles. The van der Waals surface area contributed by atoms with Crippen molar-refractivity contribution in [3.63, 3.8) is 0 Å². The Bertz CT molecular complexity index is 780. The second-order valence-electron chi connectivity index (χ2n) is 5.43. The molecule has 2 rings (SSSR count). The molecule has 0 radical (unpaired) electrons. The average Bonchev–Trinajstić information content (AvgIpc) is 2.65. The van der Waals surface area contributed by atoms with Gasteiger partial charge in [-0.3, -0.25) is 20.4 Å². The topological polar surface area (TPSA) is 76.7 Å². The number of ether oxygens (including phenoxy) is 2. The number of benzene rings is 2. The van der Waals surface area contributed by atoms with Crippen molar-refractivity contribution in [3.05, 3.63) is 59.4 Å². The first-order valence-corrected chi connectivity index (χ1v) is 8.18. The van der Waals surface area contributed by atoms with Crippen molar-refractivity contribution in [2.75, 3.05) is 13.7 Å². The summed E-state index contributed by atoms with van der Waals surface area (Å²) in [4.78, 5) is 24.0. The Balaban J connectivity index is 1.86. The molecule has 0 aromatic heterocycles. The van der Waals surface area contributed by atoms with Crippen LogP contribution in [0.4, 0.5) is 4.39 Å². The van der Waals surface area contributed by atoms with Crippen LogP contribution in [0.2, 0.25) is 0 Å². The smallest absolute Gasteiger partial charge is 0.269 e. The fourth-order valence-electron chi connectivity index (χ4n) is 2.30. The third kappa shape index (κ3) is 5.47. The van der Waals surface area contributed by atoms with Crippen LogP contribution in [0.5, 0.6) is 11.5 Å². The van der Waals surface area contributed by atoms with Crippen LogP contribution in [0.1, 0.15) is 29.3 Å². The summed E-state index contributed by atoms with van der Waals surface area (Å²) in [5.74, 6) is -0.241. The van der Waals surface area contributed by atoms with E-state index in [1.54, 1.807) is 24.3 Å². The Morgan fingerprint density at radius 2 is 1.88 bits per heavy atom. The number of methoxy groups -OCH3 is 1. The van der Waals surface area contributed by atoms with E-state index in [4.69, 9.17) is 9.47 Å². The van der Waals surface area contributed by atoms with Gasteiger partial charge in [0.2, 0.25) is 5.91 Å². The Labute approximate surface area is 151 Å². The first-order valence-electron chi connectivity index (χ1n) is 8.18. The molecule has 6 nitrogen and oxygen atoms in total. The summed E-state index contributed by atoms with van der Waals surface area (Å²) in [6, 6.07) is 10.8. The number of halogens is 1. The molecule has 2 aromatic rings. The van der Waals surface area contributed by atoms with Crippen LogP contribution >= 0.6 is 0 Å². The van der Waals surface area contributed by atoms with Gasteiger partial charge in [-0.1, -0.05) is 12.1 Å². The first-order chi connectivity index (χ1) is 12.5. The summed E-state index contributed by atoms with van der Waals surface area (Å²) < 4.78 is 23.7. The molecule has 0 unspecified atom stereocenters. The molecule has 0 atom stereocenters. The van der Waals surface area contributed by atoms with Crippen molar-refractivity contribution in [3.8, 4) is 11.5 Å². The number of aryl methyl sites for hydroxylation is 1. The van der Waals surface area contributed by atoms with E-state index in [1.807, 2.05) is 6.92 Å². The number of amides is 2. The van der Waals surface area contributed by atoms with E-state index in [1.165, 1.54) is 25.3 Å². The standard InChI is InChI=1S/C19H21FN2O4/c1-3-26-16-9-8-14(12-17(16)25-2)19(24)22-21-18(23)10-7-13-5-4-6-15(20)11-13/h4-6,8-9,11-12H,3,7,10H2,1-2H3,(H,21,23)(H,22,24). The maximum absolute atomic E-state index is 13.1. The van der Waals surface area contributed by atoms with Crippen molar-refractivity contribution in [1.29, 1.82) is 0 Å². The van der Waals surface area contributed by atoms with Gasteiger partial charge in [0.15, 0.2) is 11.5 Å². The third-order valence-electron chi connectivity index (χ3n) is 3.57. The molecule has 0 bridgehead atoms. The maximum atomic E-state index is 13.1. The predicted octanol–water partition coefficient (Wildman–Crippen LogP) is 2.63. The number of carbonyl (C=O) groups excluding carboxylic acids is 2. The van der Waals surface area contributed by atoms with Gasteiger partial charge in [-0.15, -0.1) is 0 Å². The minimum absolute atomic E-state index is 0.121. The van der Waals surface area contributed by atoms with Crippen LogP contribution in [0.3, 0.4) is 0 Å². The van der Waals surface area contributed by atoms with Crippen molar-refractivity contribution in [2.24, 2.45) is 0 Å². The highest BCUT2D eigenvalue weighted by atomic mass is 19.1. The molecule has 2 aromatic carbocycles. The lowest BCUT2D eigenvalue weighted by molar-refractivity contribution is -0.121. The van der Waals surface area contributed by atoms with Gasteiger partial charge in [0, 0.05) is 12.0 Å². The van der Waals surface area contributed by atoms with Gasteiger partial charge in [-0.05, 0) is 49.2 Å². The molecule has 138 valence electrons. The van der Waals surface area contributed by atoms with E-state index in [2.05, 4.69) is 10.9 Å². The Morgan fingerprint density at radius 3 is 2.58 bits per heavy atom. The largest absolute Gasteiger partial charge is 0.493 e. The monoisotopic (exact) mass is 360 g/mol. The van der Waals surface area contributed by atoms with E-state index in [9.17, 15) is 14.0 Å². The molecule has 7 heteroatoms. The normalized spacial score (nSPS) is 10.1. The van der Waals surface area contributed by atoms with Crippen LogP contribution in [0.25, 0.3) is 0 Å². The summed E-state index contributed by atoms with van der Waals surface area (Å²) in [5.41, 5.74) is 5.71. The number of hydrazine groups is 1. The van der Waals surface area contributed by atoms with Gasteiger partial charge in [0.25, 0.3) is 5.91 Å². The summed E-state index contributed by atoms with van der Waals surface area (Å²) in [7, 11) is 1.48. The molecule has 0 saturated heterocycles.